The molecule has 3 nitrogen and oxygen atoms in total. The van der Waals surface area contributed by atoms with E-state index in [0.29, 0.717) is 11.3 Å². The van der Waals surface area contributed by atoms with Gasteiger partial charge in [-0.15, -0.1) is 0 Å². The summed E-state index contributed by atoms with van der Waals surface area (Å²) in [5.41, 5.74) is 2.27. The van der Waals surface area contributed by atoms with E-state index in [0.717, 1.165) is 15.7 Å². The van der Waals surface area contributed by atoms with Gasteiger partial charge in [0.25, 0.3) is 5.91 Å². The van der Waals surface area contributed by atoms with E-state index < -0.39 is 0 Å². The molecule has 2 aromatic rings. The Balaban J connectivity index is 2.30. The van der Waals surface area contributed by atoms with Gasteiger partial charge in [-0.05, 0) is 47.1 Å². The van der Waals surface area contributed by atoms with Gasteiger partial charge in [-0.3, -0.25) is 4.79 Å². The minimum Gasteiger partial charge on any atom is -0.496 e. The third kappa shape index (κ3) is 3.15. The number of rotatable bonds is 3. The molecule has 0 heterocycles. The van der Waals surface area contributed by atoms with Crippen LogP contribution in [-0.4, -0.2) is 13.0 Å². The summed E-state index contributed by atoms with van der Waals surface area (Å²) in [5, 5.41) is 2.86. The fraction of sp³-hybridized carbons (Fsp3) is 0.133. The molecule has 0 bridgehead atoms. The van der Waals surface area contributed by atoms with Crippen LogP contribution in [0.1, 0.15) is 15.9 Å². The van der Waals surface area contributed by atoms with Crippen molar-refractivity contribution in [3.8, 4) is 5.75 Å². The van der Waals surface area contributed by atoms with Crippen LogP contribution in [0.25, 0.3) is 0 Å². The molecule has 0 saturated carbocycles. The van der Waals surface area contributed by atoms with Crippen molar-refractivity contribution in [1.29, 1.82) is 0 Å². The summed E-state index contributed by atoms with van der Waals surface area (Å²) >= 11 is 3.40. The van der Waals surface area contributed by atoms with Gasteiger partial charge in [0.15, 0.2) is 0 Å². The molecule has 1 N–H and O–H groups in total. The predicted octanol–water partition coefficient (Wildman–Crippen LogP) is 4.02. The first-order valence-electron chi connectivity index (χ1n) is 5.82. The van der Waals surface area contributed by atoms with Gasteiger partial charge < -0.3 is 10.1 Å². The molecule has 0 aliphatic rings. The Kier molecular flexibility index (Phi) is 4.22. The third-order valence-corrected chi connectivity index (χ3v) is 3.41. The van der Waals surface area contributed by atoms with Gasteiger partial charge in [-0.2, -0.15) is 0 Å². The fourth-order valence-corrected chi connectivity index (χ4v) is 2.14. The summed E-state index contributed by atoms with van der Waals surface area (Å²) in [7, 11) is 1.56. The first kappa shape index (κ1) is 13.6. The summed E-state index contributed by atoms with van der Waals surface area (Å²) in [6.45, 7) is 1.94. The smallest absolute Gasteiger partial charge is 0.259 e. The maximum Gasteiger partial charge on any atom is 0.259 e. The van der Waals surface area contributed by atoms with Crippen molar-refractivity contribution < 1.29 is 9.53 Å². The lowest BCUT2D eigenvalue weighted by atomic mass is 10.1. The van der Waals surface area contributed by atoms with Crippen LogP contribution in [0.3, 0.4) is 0 Å². The Hall–Kier alpha value is -1.81. The number of hydrogen-bond acceptors (Lipinski definition) is 2. The third-order valence-electron chi connectivity index (χ3n) is 2.72. The summed E-state index contributed by atoms with van der Waals surface area (Å²) in [4.78, 5) is 12.3. The van der Waals surface area contributed by atoms with Gasteiger partial charge in [0.2, 0.25) is 0 Å². The lowest BCUT2D eigenvalue weighted by Crippen LogP contribution is -2.13. The van der Waals surface area contributed by atoms with Crippen molar-refractivity contribution in [2.45, 2.75) is 6.92 Å². The summed E-state index contributed by atoms with van der Waals surface area (Å²) in [6, 6.07) is 13.0. The van der Waals surface area contributed by atoms with Crippen molar-refractivity contribution in [2.75, 3.05) is 12.4 Å². The number of benzene rings is 2. The first-order valence-corrected chi connectivity index (χ1v) is 6.61. The highest BCUT2D eigenvalue weighted by Crippen LogP contribution is 2.24. The number of ether oxygens (including phenoxy) is 1. The predicted molar refractivity (Wildman–Crippen MR) is 79.8 cm³/mol. The van der Waals surface area contributed by atoms with E-state index in [4.69, 9.17) is 4.74 Å². The molecule has 19 heavy (non-hydrogen) atoms. The Bertz CT molecular complexity index is 611. The Labute approximate surface area is 120 Å². The lowest BCUT2D eigenvalue weighted by molar-refractivity contribution is 0.102. The van der Waals surface area contributed by atoms with E-state index in [1.54, 1.807) is 13.2 Å². The number of para-hydroxylation sites is 1. The molecule has 0 aliphatic carbocycles. The number of nitrogens with one attached hydrogen (secondary N) is 1. The van der Waals surface area contributed by atoms with Crippen LogP contribution in [0.4, 0.5) is 5.69 Å². The molecule has 0 aliphatic heterocycles. The number of amides is 1. The lowest BCUT2D eigenvalue weighted by Gasteiger charge is -2.11. The van der Waals surface area contributed by atoms with Gasteiger partial charge in [-0.25, -0.2) is 0 Å². The van der Waals surface area contributed by atoms with E-state index in [1.165, 1.54) is 0 Å². The normalized spacial score (nSPS) is 10.1. The second-order valence-corrected chi connectivity index (χ2v) is 4.99. The van der Waals surface area contributed by atoms with Crippen molar-refractivity contribution in [3.05, 3.63) is 58.1 Å². The molecule has 98 valence electrons. The molecule has 0 saturated heterocycles. The van der Waals surface area contributed by atoms with Crippen molar-refractivity contribution in [1.82, 2.24) is 0 Å². The number of carbonyl (C=O) groups is 1. The molecule has 0 aromatic heterocycles. The van der Waals surface area contributed by atoms with Crippen LogP contribution < -0.4 is 10.1 Å². The molecule has 2 aromatic carbocycles. The van der Waals surface area contributed by atoms with Crippen molar-refractivity contribution >= 4 is 27.5 Å². The van der Waals surface area contributed by atoms with E-state index >= 15 is 0 Å². The minimum atomic E-state index is -0.188. The zero-order chi connectivity index (χ0) is 13.8. The first-order chi connectivity index (χ1) is 9.11. The van der Waals surface area contributed by atoms with E-state index in [9.17, 15) is 4.79 Å². The van der Waals surface area contributed by atoms with Crippen molar-refractivity contribution in [2.24, 2.45) is 0 Å². The number of methoxy groups -OCH3 is 1. The number of anilines is 1. The maximum absolute atomic E-state index is 12.3. The van der Waals surface area contributed by atoms with Gasteiger partial charge in [0.05, 0.1) is 18.4 Å². The molecule has 1 amide bonds. The second-order valence-electron chi connectivity index (χ2n) is 4.14. The van der Waals surface area contributed by atoms with E-state index in [-0.39, 0.29) is 5.91 Å². The van der Waals surface area contributed by atoms with Crippen LogP contribution >= 0.6 is 15.9 Å². The topological polar surface area (TPSA) is 38.3 Å². The number of halogens is 1. The number of carbonyl (C=O) groups excluding carboxylic acids is 1. The van der Waals surface area contributed by atoms with Crippen LogP contribution in [0, 0.1) is 6.92 Å². The zero-order valence-electron chi connectivity index (χ0n) is 10.7. The largest absolute Gasteiger partial charge is 0.496 e. The van der Waals surface area contributed by atoms with E-state index in [1.807, 2.05) is 43.3 Å². The summed E-state index contributed by atoms with van der Waals surface area (Å²) < 4.78 is 6.06. The van der Waals surface area contributed by atoms with Crippen LogP contribution in [0.5, 0.6) is 5.75 Å². The van der Waals surface area contributed by atoms with E-state index in [2.05, 4.69) is 21.2 Å². The average Bonchev–Trinajstić information content (AvgIpc) is 2.41. The molecule has 0 unspecified atom stereocenters. The van der Waals surface area contributed by atoms with Gasteiger partial charge >= 0.3 is 0 Å². The number of aryl methyl sites for hydroxylation is 1. The molecule has 0 spiro atoms. The Morgan fingerprint density at radius 2 is 1.95 bits per heavy atom. The standard InChI is InChI=1S/C15H14BrNO2/c1-10-7-8-14(19-2)11(9-10)15(18)17-13-6-4-3-5-12(13)16/h3-9H,1-2H3,(H,17,18). The minimum absolute atomic E-state index is 0.188. The van der Waals surface area contributed by atoms with Gasteiger partial charge in [-0.1, -0.05) is 23.8 Å². The second kappa shape index (κ2) is 5.89. The molecular formula is C15H14BrNO2. The average molecular weight is 320 g/mol. The monoisotopic (exact) mass is 319 g/mol. The molecule has 2 rings (SSSR count). The van der Waals surface area contributed by atoms with Gasteiger partial charge in [0, 0.05) is 4.47 Å². The van der Waals surface area contributed by atoms with Crippen molar-refractivity contribution in [3.63, 3.8) is 0 Å². The summed E-state index contributed by atoms with van der Waals surface area (Å²) in [5.74, 6) is 0.377. The number of hydrogen-bond donors (Lipinski definition) is 1. The molecule has 0 fully saturated rings. The maximum atomic E-state index is 12.3. The summed E-state index contributed by atoms with van der Waals surface area (Å²) in [6.07, 6.45) is 0. The highest BCUT2D eigenvalue weighted by molar-refractivity contribution is 9.10. The Morgan fingerprint density at radius 1 is 1.21 bits per heavy atom. The SMILES string of the molecule is COc1ccc(C)cc1C(=O)Nc1ccccc1Br. The zero-order valence-corrected chi connectivity index (χ0v) is 12.3. The van der Waals surface area contributed by atoms with Crippen LogP contribution in [0.2, 0.25) is 0 Å². The highest BCUT2D eigenvalue weighted by Gasteiger charge is 2.13. The highest BCUT2D eigenvalue weighted by atomic mass is 79.9. The molecular weight excluding hydrogens is 306 g/mol. The van der Waals surface area contributed by atoms with Crippen LogP contribution in [0.15, 0.2) is 46.9 Å². The molecule has 0 radical (unpaired) electrons. The molecule has 0 atom stereocenters. The quantitative estimate of drug-likeness (QED) is 0.928. The van der Waals surface area contributed by atoms with Gasteiger partial charge in [0.1, 0.15) is 5.75 Å². The van der Waals surface area contributed by atoms with Crippen LogP contribution in [-0.2, 0) is 0 Å². The molecule has 4 heteroatoms. The Morgan fingerprint density at radius 3 is 2.63 bits per heavy atom. The fourth-order valence-electron chi connectivity index (χ4n) is 1.75.